The van der Waals surface area contributed by atoms with E-state index in [9.17, 15) is 4.21 Å². The molecular formula is C15H23NO2S. The van der Waals surface area contributed by atoms with Crippen molar-refractivity contribution in [2.24, 2.45) is 5.92 Å². The molecule has 1 fully saturated rings. The van der Waals surface area contributed by atoms with Gasteiger partial charge in [-0.2, -0.15) is 0 Å². The lowest BCUT2D eigenvalue weighted by atomic mass is 10.1. The van der Waals surface area contributed by atoms with Crippen LogP contribution in [0.5, 0.6) is 5.75 Å². The summed E-state index contributed by atoms with van der Waals surface area (Å²) in [6, 6.07) is 8.14. The van der Waals surface area contributed by atoms with Gasteiger partial charge in [-0.05, 0) is 37.4 Å². The molecule has 0 radical (unpaired) electrons. The number of benzene rings is 1. The summed E-state index contributed by atoms with van der Waals surface area (Å²) in [5.74, 6) is 1.17. The topological polar surface area (TPSA) is 38.3 Å². The van der Waals surface area contributed by atoms with Crippen LogP contribution < -0.4 is 10.1 Å². The number of nitrogens with one attached hydrogen (secondary N) is 1. The Hall–Kier alpha value is -0.870. The molecule has 106 valence electrons. The molecular weight excluding hydrogens is 258 g/mol. The SMILES string of the molecule is CCNC1CCC(S(=O)c2ccccc2OC)C1C. The van der Waals surface area contributed by atoms with E-state index in [1.54, 1.807) is 7.11 Å². The van der Waals surface area contributed by atoms with E-state index in [1.807, 2.05) is 24.3 Å². The number of para-hydroxylation sites is 1. The third-order valence-corrected chi connectivity index (χ3v) is 6.00. The van der Waals surface area contributed by atoms with Gasteiger partial charge in [0.1, 0.15) is 5.75 Å². The van der Waals surface area contributed by atoms with Crippen molar-refractivity contribution in [2.45, 2.75) is 42.9 Å². The van der Waals surface area contributed by atoms with Crippen molar-refractivity contribution in [3.63, 3.8) is 0 Å². The first-order chi connectivity index (χ1) is 9.19. The van der Waals surface area contributed by atoms with Crippen LogP contribution >= 0.6 is 0 Å². The van der Waals surface area contributed by atoms with E-state index in [2.05, 4.69) is 19.2 Å². The quantitative estimate of drug-likeness (QED) is 0.901. The highest BCUT2D eigenvalue weighted by molar-refractivity contribution is 7.85. The molecule has 0 aliphatic heterocycles. The molecule has 1 aromatic rings. The third kappa shape index (κ3) is 3.00. The number of hydrogen-bond acceptors (Lipinski definition) is 3. The normalized spacial score (nSPS) is 28.3. The molecule has 2 rings (SSSR count). The summed E-state index contributed by atoms with van der Waals surface area (Å²) in [7, 11) is 0.645. The van der Waals surface area contributed by atoms with Crippen molar-refractivity contribution >= 4 is 10.8 Å². The molecule has 1 aliphatic rings. The summed E-state index contributed by atoms with van der Waals surface area (Å²) in [6.07, 6.45) is 2.13. The minimum absolute atomic E-state index is 0.223. The highest BCUT2D eigenvalue weighted by Gasteiger charge is 2.37. The second-order valence-corrected chi connectivity index (χ2v) is 6.73. The zero-order chi connectivity index (χ0) is 13.8. The predicted octanol–water partition coefficient (Wildman–Crippen LogP) is 2.58. The summed E-state index contributed by atoms with van der Waals surface area (Å²) >= 11 is 0. The van der Waals surface area contributed by atoms with Gasteiger partial charge in [0.05, 0.1) is 22.8 Å². The molecule has 1 N–H and O–H groups in total. The van der Waals surface area contributed by atoms with Crippen LogP contribution in [0.1, 0.15) is 26.7 Å². The lowest BCUT2D eigenvalue weighted by molar-refractivity contribution is 0.403. The van der Waals surface area contributed by atoms with Crippen molar-refractivity contribution < 1.29 is 8.95 Å². The van der Waals surface area contributed by atoms with E-state index in [1.165, 1.54) is 0 Å². The first-order valence-electron chi connectivity index (χ1n) is 6.96. The molecule has 0 bridgehead atoms. The molecule has 19 heavy (non-hydrogen) atoms. The maximum atomic E-state index is 12.8. The number of hydrogen-bond donors (Lipinski definition) is 1. The molecule has 0 saturated heterocycles. The Balaban J connectivity index is 2.16. The number of rotatable bonds is 5. The van der Waals surface area contributed by atoms with Crippen LogP contribution in [-0.4, -0.2) is 29.2 Å². The summed E-state index contributed by atoms with van der Waals surface area (Å²) in [5.41, 5.74) is 0. The largest absolute Gasteiger partial charge is 0.495 e. The van der Waals surface area contributed by atoms with Crippen LogP contribution in [0, 0.1) is 5.92 Å². The van der Waals surface area contributed by atoms with Crippen molar-refractivity contribution in [3.8, 4) is 5.75 Å². The molecule has 4 atom stereocenters. The van der Waals surface area contributed by atoms with Crippen LogP contribution in [0.2, 0.25) is 0 Å². The zero-order valence-corrected chi connectivity index (χ0v) is 12.7. The van der Waals surface area contributed by atoms with Gasteiger partial charge in [0, 0.05) is 11.3 Å². The smallest absolute Gasteiger partial charge is 0.134 e. The summed E-state index contributed by atoms with van der Waals surface area (Å²) < 4.78 is 18.1. The van der Waals surface area contributed by atoms with Crippen LogP contribution in [0.15, 0.2) is 29.2 Å². The lowest BCUT2D eigenvalue weighted by Gasteiger charge is -2.21. The second-order valence-electron chi connectivity index (χ2n) is 5.09. The van der Waals surface area contributed by atoms with Gasteiger partial charge in [-0.15, -0.1) is 0 Å². The van der Waals surface area contributed by atoms with Crippen LogP contribution in [0.3, 0.4) is 0 Å². The lowest BCUT2D eigenvalue weighted by Crippen LogP contribution is -2.34. The minimum atomic E-state index is -0.990. The third-order valence-electron chi connectivity index (χ3n) is 4.01. The van der Waals surface area contributed by atoms with Gasteiger partial charge in [-0.25, -0.2) is 0 Å². The molecule has 4 unspecified atom stereocenters. The van der Waals surface area contributed by atoms with Crippen LogP contribution in [-0.2, 0) is 10.8 Å². The first kappa shape index (κ1) is 14.5. The van der Waals surface area contributed by atoms with E-state index < -0.39 is 10.8 Å². The summed E-state index contributed by atoms with van der Waals surface area (Å²) in [6.45, 7) is 5.30. The fraction of sp³-hybridized carbons (Fsp3) is 0.600. The van der Waals surface area contributed by atoms with Gasteiger partial charge < -0.3 is 10.1 Å². The van der Waals surface area contributed by atoms with Gasteiger partial charge >= 0.3 is 0 Å². The molecule has 0 aromatic heterocycles. The van der Waals surface area contributed by atoms with E-state index in [4.69, 9.17) is 4.74 Å². The van der Waals surface area contributed by atoms with Crippen molar-refractivity contribution in [3.05, 3.63) is 24.3 Å². The Morgan fingerprint density at radius 1 is 1.37 bits per heavy atom. The van der Waals surface area contributed by atoms with Crippen molar-refractivity contribution in [1.82, 2.24) is 5.32 Å². The van der Waals surface area contributed by atoms with E-state index in [0.29, 0.717) is 12.0 Å². The maximum Gasteiger partial charge on any atom is 0.134 e. The van der Waals surface area contributed by atoms with Gasteiger partial charge in [-0.1, -0.05) is 26.0 Å². The van der Waals surface area contributed by atoms with Gasteiger partial charge in [0.15, 0.2) is 0 Å². The van der Waals surface area contributed by atoms with E-state index in [-0.39, 0.29) is 5.25 Å². The highest BCUT2D eigenvalue weighted by Crippen LogP contribution is 2.35. The molecule has 1 aromatic carbocycles. The molecule has 1 saturated carbocycles. The standard InChI is InChI=1S/C15H23NO2S/c1-4-16-12-9-10-14(11(12)2)19(17)15-8-6-5-7-13(15)18-3/h5-8,11-12,14,16H,4,9-10H2,1-3H3. The number of methoxy groups -OCH3 is 1. The molecule has 3 nitrogen and oxygen atoms in total. The van der Waals surface area contributed by atoms with E-state index >= 15 is 0 Å². The Bertz CT molecular complexity index is 450. The van der Waals surface area contributed by atoms with Gasteiger partial charge in [0.25, 0.3) is 0 Å². The highest BCUT2D eigenvalue weighted by atomic mass is 32.2. The molecule has 0 heterocycles. The monoisotopic (exact) mass is 281 g/mol. The van der Waals surface area contributed by atoms with Gasteiger partial charge in [-0.3, -0.25) is 4.21 Å². The molecule has 0 spiro atoms. The molecule has 0 amide bonds. The fourth-order valence-corrected chi connectivity index (χ4v) is 4.75. The Morgan fingerprint density at radius 2 is 2.11 bits per heavy atom. The maximum absolute atomic E-state index is 12.8. The summed E-state index contributed by atoms with van der Waals surface area (Å²) in [5, 5.41) is 3.72. The first-order valence-corrected chi connectivity index (χ1v) is 8.17. The predicted molar refractivity (Wildman–Crippen MR) is 79.1 cm³/mol. The van der Waals surface area contributed by atoms with E-state index in [0.717, 1.165) is 30.0 Å². The summed E-state index contributed by atoms with van der Waals surface area (Å²) in [4.78, 5) is 0.832. The number of ether oxygens (including phenoxy) is 1. The Kier molecular flexibility index (Phi) is 4.99. The van der Waals surface area contributed by atoms with Gasteiger partial charge in [0.2, 0.25) is 0 Å². The average Bonchev–Trinajstić information content (AvgIpc) is 2.80. The van der Waals surface area contributed by atoms with Crippen LogP contribution in [0.4, 0.5) is 0 Å². The Labute approximate surface area is 118 Å². The average molecular weight is 281 g/mol. The van der Waals surface area contributed by atoms with Crippen molar-refractivity contribution in [1.29, 1.82) is 0 Å². The molecule has 1 aliphatic carbocycles. The fourth-order valence-electron chi connectivity index (χ4n) is 2.93. The second kappa shape index (κ2) is 6.53. The molecule has 4 heteroatoms. The Morgan fingerprint density at radius 3 is 2.79 bits per heavy atom. The van der Waals surface area contributed by atoms with Crippen molar-refractivity contribution in [2.75, 3.05) is 13.7 Å². The van der Waals surface area contributed by atoms with Crippen LogP contribution in [0.25, 0.3) is 0 Å². The minimum Gasteiger partial charge on any atom is -0.495 e. The zero-order valence-electron chi connectivity index (χ0n) is 11.9.